The van der Waals surface area contributed by atoms with Gasteiger partial charge in [-0.2, -0.15) is 0 Å². The van der Waals surface area contributed by atoms with Gasteiger partial charge in [0.05, 0.1) is 0 Å². The molecule has 0 saturated heterocycles. The molecule has 1 amide bonds. The van der Waals surface area contributed by atoms with Crippen molar-refractivity contribution >= 4 is 12.1 Å². The molecule has 0 unspecified atom stereocenters. The molecular formula is C33H44N2O5. The second-order valence-corrected chi connectivity index (χ2v) is 10.1. The summed E-state index contributed by atoms with van der Waals surface area (Å²) in [6.45, 7) is 12.9. The predicted octanol–water partition coefficient (Wildman–Crippen LogP) is 6.66. The summed E-state index contributed by atoms with van der Waals surface area (Å²) in [6.07, 6.45) is -0.523. The molecule has 3 rings (SSSR count). The van der Waals surface area contributed by atoms with E-state index < -0.39 is 18.1 Å². The zero-order valence-corrected chi connectivity index (χ0v) is 24.6. The Kier molecular flexibility index (Phi) is 13.7. The Labute approximate surface area is 239 Å². The minimum absolute atomic E-state index is 0.0871. The lowest BCUT2D eigenvalue weighted by Crippen LogP contribution is -2.44. The maximum atomic E-state index is 12.3. The van der Waals surface area contributed by atoms with Crippen LogP contribution in [0.3, 0.4) is 0 Å². The Morgan fingerprint density at radius 3 is 1.68 bits per heavy atom. The molecule has 40 heavy (non-hydrogen) atoms. The largest absolute Gasteiger partial charge is 0.489 e. The van der Waals surface area contributed by atoms with Crippen molar-refractivity contribution in [3.8, 4) is 5.75 Å². The van der Waals surface area contributed by atoms with E-state index in [4.69, 9.17) is 9.47 Å². The number of carbonyl (C=O) groups excluding carboxylic acids is 1. The Bertz CT molecular complexity index is 1130. The van der Waals surface area contributed by atoms with Gasteiger partial charge in [-0.15, -0.1) is 0 Å². The minimum Gasteiger partial charge on any atom is -0.489 e. The molecule has 216 valence electrons. The first-order valence-electron chi connectivity index (χ1n) is 13.8. The lowest BCUT2D eigenvalue weighted by molar-refractivity contribution is -0.142. The third kappa shape index (κ3) is 11.1. The molecule has 0 aromatic heterocycles. The molecular weight excluding hydrogens is 504 g/mol. The van der Waals surface area contributed by atoms with Crippen molar-refractivity contribution in [3.05, 3.63) is 102 Å². The summed E-state index contributed by atoms with van der Waals surface area (Å²) in [5.41, 5.74) is 2.68. The van der Waals surface area contributed by atoms with Crippen LogP contribution in [0, 0.1) is 0 Å². The molecule has 1 N–H and O–H groups in total. The number of carbonyl (C=O) groups is 2. The van der Waals surface area contributed by atoms with Crippen molar-refractivity contribution in [2.24, 2.45) is 0 Å². The highest BCUT2D eigenvalue weighted by molar-refractivity contribution is 5.80. The number of hydrogen-bond acceptors (Lipinski definition) is 5. The molecule has 0 fully saturated rings. The van der Waals surface area contributed by atoms with Crippen LogP contribution in [-0.2, 0) is 29.2 Å². The normalized spacial score (nSPS) is 11.5. The van der Waals surface area contributed by atoms with Crippen molar-refractivity contribution in [1.82, 2.24) is 9.80 Å². The van der Waals surface area contributed by atoms with Crippen molar-refractivity contribution < 1.29 is 24.2 Å². The van der Waals surface area contributed by atoms with Gasteiger partial charge < -0.3 is 14.6 Å². The zero-order valence-electron chi connectivity index (χ0n) is 24.6. The van der Waals surface area contributed by atoms with E-state index >= 15 is 0 Å². The third-order valence-electron chi connectivity index (χ3n) is 6.54. The van der Waals surface area contributed by atoms with Crippen LogP contribution in [0.4, 0.5) is 4.79 Å². The van der Waals surface area contributed by atoms with E-state index in [-0.39, 0.29) is 13.0 Å². The van der Waals surface area contributed by atoms with Crippen LogP contribution in [-0.4, -0.2) is 58.7 Å². The molecule has 0 bridgehead atoms. The monoisotopic (exact) mass is 548 g/mol. The Hall–Kier alpha value is -3.84. The van der Waals surface area contributed by atoms with Crippen LogP contribution >= 0.6 is 0 Å². The van der Waals surface area contributed by atoms with Gasteiger partial charge in [-0.3, -0.25) is 9.80 Å². The van der Waals surface area contributed by atoms with E-state index in [1.54, 1.807) is 24.3 Å². The predicted molar refractivity (Wildman–Crippen MR) is 159 cm³/mol. The first-order chi connectivity index (χ1) is 19.1. The van der Waals surface area contributed by atoms with Gasteiger partial charge in [0.1, 0.15) is 25.0 Å². The van der Waals surface area contributed by atoms with E-state index in [2.05, 4.69) is 39.5 Å². The number of aliphatic carboxylic acids is 1. The van der Waals surface area contributed by atoms with Gasteiger partial charge in [0.15, 0.2) is 0 Å². The standard InChI is InChI=1S/C25H25NO5.C8H19N/c1-26(25(29)31-18-21-10-6-3-7-11-21)23(24(27)28)16-19-12-14-22(15-13-19)30-17-20-8-4-2-5-9-20;1-6-9(7(2)3)8(4)5/h2-15,23H,16-18H2,1H3,(H,27,28);7-8H,6H2,1-5H3/t23-;/m0./s1. The van der Waals surface area contributed by atoms with E-state index in [0.717, 1.165) is 28.1 Å². The molecule has 0 aliphatic rings. The summed E-state index contributed by atoms with van der Waals surface area (Å²) in [5.74, 6) is -0.404. The first kappa shape index (κ1) is 32.4. The Morgan fingerprint density at radius 1 is 0.750 bits per heavy atom. The quantitative estimate of drug-likeness (QED) is 0.273. The molecule has 0 aliphatic heterocycles. The van der Waals surface area contributed by atoms with Crippen molar-refractivity contribution in [2.45, 2.75) is 72.4 Å². The number of benzene rings is 3. The average molecular weight is 549 g/mol. The fourth-order valence-corrected chi connectivity index (χ4v) is 4.35. The number of carboxylic acid groups (broad SMARTS) is 1. The summed E-state index contributed by atoms with van der Waals surface area (Å²) < 4.78 is 11.0. The van der Waals surface area contributed by atoms with Crippen LogP contribution in [0.1, 0.15) is 51.3 Å². The average Bonchev–Trinajstić information content (AvgIpc) is 2.95. The van der Waals surface area contributed by atoms with E-state index in [9.17, 15) is 14.7 Å². The second kappa shape index (κ2) is 17.0. The molecule has 7 nitrogen and oxygen atoms in total. The molecule has 7 heteroatoms. The third-order valence-corrected chi connectivity index (χ3v) is 6.54. The summed E-state index contributed by atoms with van der Waals surface area (Å²) >= 11 is 0. The first-order valence-corrected chi connectivity index (χ1v) is 13.8. The number of nitrogens with zero attached hydrogens (tertiary/aromatic N) is 2. The number of likely N-dealkylation sites (N-methyl/N-ethyl adjacent to an activating group) is 1. The molecule has 0 saturated carbocycles. The highest BCUT2D eigenvalue weighted by atomic mass is 16.6. The number of carboxylic acids is 1. The Morgan fingerprint density at radius 2 is 1.25 bits per heavy atom. The topological polar surface area (TPSA) is 79.3 Å². The summed E-state index contributed by atoms with van der Waals surface area (Å²) in [4.78, 5) is 27.7. The van der Waals surface area contributed by atoms with Crippen LogP contribution in [0.5, 0.6) is 5.75 Å². The lowest BCUT2D eigenvalue weighted by atomic mass is 10.1. The highest BCUT2D eigenvalue weighted by Gasteiger charge is 2.28. The number of ether oxygens (including phenoxy) is 2. The summed E-state index contributed by atoms with van der Waals surface area (Å²) in [7, 11) is 1.43. The fourth-order valence-electron chi connectivity index (χ4n) is 4.35. The SMILES string of the molecule is CCN(C(C)C)C(C)C.CN(C(=O)OCc1ccccc1)[C@@H](Cc1ccc(OCc2ccccc2)cc1)C(=O)O. The van der Waals surface area contributed by atoms with Gasteiger partial charge in [-0.1, -0.05) is 79.7 Å². The fraction of sp³-hybridized carbons (Fsp3) is 0.394. The van der Waals surface area contributed by atoms with Gasteiger partial charge in [0.2, 0.25) is 0 Å². The Balaban J connectivity index is 0.000000536. The number of amides is 1. The smallest absolute Gasteiger partial charge is 0.410 e. The maximum absolute atomic E-state index is 12.3. The molecule has 0 spiro atoms. The van der Waals surface area contributed by atoms with Crippen LogP contribution in [0.15, 0.2) is 84.9 Å². The maximum Gasteiger partial charge on any atom is 0.410 e. The van der Waals surface area contributed by atoms with Crippen LogP contribution in [0.25, 0.3) is 0 Å². The van der Waals surface area contributed by atoms with Gasteiger partial charge in [-0.05, 0) is 63.1 Å². The summed E-state index contributed by atoms with van der Waals surface area (Å²) in [6, 6.07) is 26.6. The molecule has 3 aromatic carbocycles. The van der Waals surface area contributed by atoms with Crippen LogP contribution in [0.2, 0.25) is 0 Å². The highest BCUT2D eigenvalue weighted by Crippen LogP contribution is 2.17. The van der Waals surface area contributed by atoms with Crippen LogP contribution < -0.4 is 4.74 Å². The zero-order chi connectivity index (χ0) is 29.5. The van der Waals surface area contributed by atoms with E-state index in [0.29, 0.717) is 24.4 Å². The lowest BCUT2D eigenvalue weighted by Gasteiger charge is -2.28. The van der Waals surface area contributed by atoms with Gasteiger partial charge >= 0.3 is 12.1 Å². The van der Waals surface area contributed by atoms with Gasteiger partial charge in [0.25, 0.3) is 0 Å². The van der Waals surface area contributed by atoms with Crippen molar-refractivity contribution in [3.63, 3.8) is 0 Å². The molecule has 3 aromatic rings. The van der Waals surface area contributed by atoms with E-state index in [1.165, 1.54) is 7.05 Å². The summed E-state index contributed by atoms with van der Waals surface area (Å²) in [5, 5.41) is 9.63. The number of rotatable bonds is 12. The second-order valence-electron chi connectivity index (χ2n) is 10.1. The molecule has 0 aliphatic carbocycles. The minimum atomic E-state index is -1.09. The van der Waals surface area contributed by atoms with Gasteiger partial charge in [0, 0.05) is 25.6 Å². The van der Waals surface area contributed by atoms with Crippen molar-refractivity contribution in [1.29, 1.82) is 0 Å². The number of hydrogen-bond donors (Lipinski definition) is 1. The molecule has 0 heterocycles. The van der Waals surface area contributed by atoms with E-state index in [1.807, 2.05) is 60.7 Å². The molecule has 1 atom stereocenters. The molecule has 0 radical (unpaired) electrons. The van der Waals surface area contributed by atoms with Crippen molar-refractivity contribution in [2.75, 3.05) is 13.6 Å². The van der Waals surface area contributed by atoms with Gasteiger partial charge in [-0.25, -0.2) is 9.59 Å².